The lowest BCUT2D eigenvalue weighted by Gasteiger charge is -2.24. The standard InChI is InChI=1S/C27H31N5O3.C2H6/c1-4-32(22-11-23(33-2)14-24(12-22)34-3)21-5-6-25-26(13-21)30-27(16-28-25)20-15-29-31(18-20)17-19-7-9-35-10-8-19;1-2/h5-6,11-16,18-19H,4,7-10,17H2,1-3H3;1-2H3. The van der Waals surface area contributed by atoms with E-state index in [1.165, 1.54) is 0 Å². The molecule has 1 saturated heterocycles. The van der Waals surface area contributed by atoms with Crippen LogP contribution < -0.4 is 14.4 Å². The fourth-order valence-electron chi connectivity index (χ4n) is 4.56. The molecule has 0 atom stereocenters. The fourth-order valence-corrected chi connectivity index (χ4v) is 4.56. The topological polar surface area (TPSA) is 74.5 Å². The zero-order chi connectivity index (χ0) is 26.2. The van der Waals surface area contributed by atoms with Crippen molar-refractivity contribution in [2.24, 2.45) is 5.92 Å². The van der Waals surface area contributed by atoms with Crippen LogP contribution in [0, 0.1) is 5.92 Å². The maximum atomic E-state index is 5.47. The summed E-state index contributed by atoms with van der Waals surface area (Å²) >= 11 is 0. The number of benzene rings is 2. The van der Waals surface area contributed by atoms with Gasteiger partial charge in [-0.3, -0.25) is 9.67 Å². The van der Waals surface area contributed by atoms with E-state index < -0.39 is 0 Å². The Balaban J connectivity index is 0.00000156. The van der Waals surface area contributed by atoms with Gasteiger partial charge >= 0.3 is 0 Å². The highest BCUT2D eigenvalue weighted by molar-refractivity contribution is 5.82. The minimum Gasteiger partial charge on any atom is -0.497 e. The molecular formula is C29H37N5O3. The van der Waals surface area contributed by atoms with Gasteiger partial charge in [0.25, 0.3) is 0 Å². The fraction of sp³-hybridized carbons (Fsp3) is 0.414. The number of fused-ring (bicyclic) bond motifs is 1. The SMILES string of the molecule is CC.CCN(c1cc(OC)cc(OC)c1)c1ccc2ncc(-c3cnn(CC4CCOCC4)c3)nc2c1. The second-order valence-electron chi connectivity index (χ2n) is 8.75. The summed E-state index contributed by atoms with van der Waals surface area (Å²) < 4.78 is 18.4. The van der Waals surface area contributed by atoms with Crippen molar-refractivity contribution in [2.75, 3.05) is 38.9 Å². The van der Waals surface area contributed by atoms with Crippen molar-refractivity contribution in [1.82, 2.24) is 19.7 Å². The van der Waals surface area contributed by atoms with E-state index in [-0.39, 0.29) is 0 Å². The molecule has 1 aliphatic heterocycles. The molecule has 1 fully saturated rings. The molecule has 5 rings (SSSR count). The van der Waals surface area contributed by atoms with Gasteiger partial charge in [-0.25, -0.2) is 4.98 Å². The lowest BCUT2D eigenvalue weighted by atomic mass is 10.0. The summed E-state index contributed by atoms with van der Waals surface area (Å²) in [5.41, 5.74) is 5.50. The molecule has 1 aliphatic rings. The highest BCUT2D eigenvalue weighted by Gasteiger charge is 2.16. The molecule has 0 saturated carbocycles. The number of aromatic nitrogens is 4. The van der Waals surface area contributed by atoms with E-state index in [1.54, 1.807) is 14.2 Å². The monoisotopic (exact) mass is 503 g/mol. The van der Waals surface area contributed by atoms with E-state index in [9.17, 15) is 0 Å². The predicted octanol–water partition coefficient (Wildman–Crippen LogP) is 6.12. The molecule has 8 nitrogen and oxygen atoms in total. The minimum atomic E-state index is 0.608. The van der Waals surface area contributed by atoms with Crippen LogP contribution in [-0.4, -0.2) is 53.7 Å². The molecule has 0 N–H and O–H groups in total. The van der Waals surface area contributed by atoms with Crippen LogP contribution in [0.5, 0.6) is 11.5 Å². The summed E-state index contributed by atoms with van der Waals surface area (Å²) in [4.78, 5) is 11.8. The van der Waals surface area contributed by atoms with Crippen LogP contribution in [0.3, 0.4) is 0 Å². The van der Waals surface area contributed by atoms with Crippen LogP contribution in [0.1, 0.15) is 33.6 Å². The van der Waals surface area contributed by atoms with Gasteiger partial charge in [0.2, 0.25) is 0 Å². The van der Waals surface area contributed by atoms with Gasteiger partial charge in [-0.15, -0.1) is 0 Å². The highest BCUT2D eigenvalue weighted by Crippen LogP contribution is 2.34. The van der Waals surface area contributed by atoms with Crippen molar-refractivity contribution in [2.45, 2.75) is 40.2 Å². The van der Waals surface area contributed by atoms with Crippen LogP contribution in [-0.2, 0) is 11.3 Å². The van der Waals surface area contributed by atoms with E-state index in [2.05, 4.69) is 40.2 Å². The second kappa shape index (κ2) is 12.5. The molecule has 2 aromatic heterocycles. The molecular weight excluding hydrogens is 466 g/mol. The molecule has 3 heterocycles. The molecule has 2 aromatic carbocycles. The molecule has 196 valence electrons. The van der Waals surface area contributed by atoms with Crippen molar-refractivity contribution >= 4 is 22.4 Å². The van der Waals surface area contributed by atoms with E-state index in [0.29, 0.717) is 5.92 Å². The maximum absolute atomic E-state index is 5.47. The molecule has 0 radical (unpaired) electrons. The van der Waals surface area contributed by atoms with Gasteiger partial charge in [-0.2, -0.15) is 5.10 Å². The normalized spacial score (nSPS) is 13.6. The zero-order valence-corrected chi connectivity index (χ0v) is 22.5. The first-order valence-electron chi connectivity index (χ1n) is 13.0. The van der Waals surface area contributed by atoms with Crippen molar-refractivity contribution in [3.05, 3.63) is 55.0 Å². The number of nitrogens with zero attached hydrogens (tertiary/aromatic N) is 5. The quantitative estimate of drug-likeness (QED) is 0.287. The number of ether oxygens (including phenoxy) is 3. The molecule has 8 heteroatoms. The van der Waals surface area contributed by atoms with Crippen LogP contribution in [0.4, 0.5) is 11.4 Å². The third kappa shape index (κ3) is 6.20. The Morgan fingerprint density at radius 3 is 2.35 bits per heavy atom. The van der Waals surface area contributed by atoms with E-state index >= 15 is 0 Å². The summed E-state index contributed by atoms with van der Waals surface area (Å²) in [6.07, 6.45) is 7.93. The molecule has 0 bridgehead atoms. The average Bonchev–Trinajstić information content (AvgIpc) is 3.43. The van der Waals surface area contributed by atoms with Gasteiger partial charge in [0.1, 0.15) is 11.5 Å². The van der Waals surface area contributed by atoms with E-state index in [0.717, 1.165) is 84.3 Å². The lowest BCUT2D eigenvalue weighted by molar-refractivity contribution is 0.0601. The number of rotatable bonds is 8. The van der Waals surface area contributed by atoms with Crippen molar-refractivity contribution in [3.8, 4) is 22.8 Å². The van der Waals surface area contributed by atoms with Gasteiger partial charge in [-0.05, 0) is 43.9 Å². The van der Waals surface area contributed by atoms with Crippen LogP contribution in [0.25, 0.3) is 22.3 Å². The first-order chi connectivity index (χ1) is 18.2. The van der Waals surface area contributed by atoms with Crippen molar-refractivity contribution in [1.29, 1.82) is 0 Å². The predicted molar refractivity (Wildman–Crippen MR) is 148 cm³/mol. The first kappa shape index (κ1) is 26.4. The maximum Gasteiger partial charge on any atom is 0.124 e. The molecule has 0 aliphatic carbocycles. The van der Waals surface area contributed by atoms with Crippen molar-refractivity contribution < 1.29 is 14.2 Å². The Kier molecular flexibility index (Phi) is 8.95. The number of hydrogen-bond donors (Lipinski definition) is 0. The van der Waals surface area contributed by atoms with Gasteiger partial charge in [0, 0.05) is 67.6 Å². The highest BCUT2D eigenvalue weighted by atomic mass is 16.5. The van der Waals surface area contributed by atoms with Crippen molar-refractivity contribution in [3.63, 3.8) is 0 Å². The van der Waals surface area contributed by atoms with Crippen LogP contribution in [0.15, 0.2) is 55.0 Å². The third-order valence-electron chi connectivity index (χ3n) is 6.52. The molecule has 0 unspecified atom stereocenters. The Bertz CT molecular complexity index is 1280. The van der Waals surface area contributed by atoms with Gasteiger partial charge in [0.15, 0.2) is 0 Å². The Hall–Kier alpha value is -3.65. The largest absolute Gasteiger partial charge is 0.497 e. The van der Waals surface area contributed by atoms with E-state index in [4.69, 9.17) is 19.2 Å². The van der Waals surface area contributed by atoms with Crippen LogP contribution in [0.2, 0.25) is 0 Å². The smallest absolute Gasteiger partial charge is 0.124 e. The summed E-state index contributed by atoms with van der Waals surface area (Å²) in [5, 5.41) is 4.57. The summed E-state index contributed by atoms with van der Waals surface area (Å²) in [7, 11) is 3.32. The van der Waals surface area contributed by atoms with Gasteiger partial charge < -0.3 is 19.1 Å². The number of hydrogen-bond acceptors (Lipinski definition) is 7. The molecule has 4 aromatic rings. The second-order valence-corrected chi connectivity index (χ2v) is 8.75. The Morgan fingerprint density at radius 2 is 1.68 bits per heavy atom. The van der Waals surface area contributed by atoms with Gasteiger partial charge in [-0.1, -0.05) is 13.8 Å². The Labute approximate surface area is 219 Å². The third-order valence-corrected chi connectivity index (χ3v) is 6.52. The van der Waals surface area contributed by atoms with E-state index in [1.807, 2.05) is 55.2 Å². The summed E-state index contributed by atoms with van der Waals surface area (Å²) in [6, 6.07) is 12.0. The lowest BCUT2D eigenvalue weighted by Crippen LogP contribution is -2.20. The summed E-state index contributed by atoms with van der Waals surface area (Å²) in [5.74, 6) is 2.11. The zero-order valence-electron chi connectivity index (χ0n) is 22.5. The minimum absolute atomic E-state index is 0.608. The Morgan fingerprint density at radius 1 is 0.946 bits per heavy atom. The summed E-state index contributed by atoms with van der Waals surface area (Å²) in [6.45, 7) is 9.48. The molecule has 0 amide bonds. The number of anilines is 2. The van der Waals surface area contributed by atoms with Gasteiger partial charge in [0.05, 0.1) is 43.3 Å². The van der Waals surface area contributed by atoms with Crippen LogP contribution >= 0.6 is 0 Å². The molecule has 0 spiro atoms. The average molecular weight is 504 g/mol. The first-order valence-corrected chi connectivity index (χ1v) is 13.0. The number of methoxy groups -OCH3 is 2. The molecule has 37 heavy (non-hydrogen) atoms.